The third-order valence-corrected chi connectivity index (χ3v) is 12.5. The largest absolute Gasteiger partial charge is 0.462 e. The van der Waals surface area contributed by atoms with Gasteiger partial charge in [0.2, 0.25) is 0 Å². The summed E-state index contributed by atoms with van der Waals surface area (Å²) in [6, 6.07) is 0. The Hall–Kier alpha value is -1.59. The number of hydrogen-bond acceptors (Lipinski definition) is 6. The molecular weight excluding hydrogens is 757 g/mol. The second-order valence-corrected chi connectivity index (χ2v) is 19.8. The van der Waals surface area contributed by atoms with Crippen LogP contribution in [0.25, 0.3) is 0 Å². The molecule has 6 nitrogen and oxygen atoms in total. The fourth-order valence-corrected chi connectivity index (χ4v) is 8.34. The van der Waals surface area contributed by atoms with Crippen molar-refractivity contribution in [1.29, 1.82) is 0 Å². The van der Waals surface area contributed by atoms with Gasteiger partial charge in [0.05, 0.1) is 0 Å². The summed E-state index contributed by atoms with van der Waals surface area (Å²) in [5.74, 6) is 0.836. The monoisotopic (exact) mass is 863 g/mol. The number of rotatable bonds is 49. The van der Waals surface area contributed by atoms with E-state index in [0.717, 1.165) is 69.6 Å². The molecule has 0 amide bonds. The van der Waals surface area contributed by atoms with Crippen molar-refractivity contribution in [2.24, 2.45) is 11.8 Å². The highest BCUT2D eigenvalue weighted by molar-refractivity contribution is 5.71. The topological polar surface area (TPSA) is 78.9 Å². The molecule has 0 radical (unpaired) electrons. The molecule has 61 heavy (non-hydrogen) atoms. The maximum Gasteiger partial charge on any atom is 0.306 e. The summed E-state index contributed by atoms with van der Waals surface area (Å²) in [6.07, 6.45) is 49.5. The number of carbonyl (C=O) groups excluding carboxylic acids is 3. The predicted octanol–water partition coefficient (Wildman–Crippen LogP) is 17.7. The van der Waals surface area contributed by atoms with Crippen molar-refractivity contribution in [3.8, 4) is 0 Å². The summed E-state index contributed by atoms with van der Waals surface area (Å²) in [5, 5.41) is 0. The molecule has 0 aromatic heterocycles. The van der Waals surface area contributed by atoms with Crippen LogP contribution in [0.5, 0.6) is 0 Å². The van der Waals surface area contributed by atoms with Gasteiger partial charge in [-0.05, 0) is 31.1 Å². The Labute approximate surface area is 380 Å². The van der Waals surface area contributed by atoms with E-state index in [4.69, 9.17) is 14.2 Å². The Morgan fingerprint density at radius 1 is 0.311 bits per heavy atom. The minimum Gasteiger partial charge on any atom is -0.462 e. The summed E-state index contributed by atoms with van der Waals surface area (Å²) >= 11 is 0. The maximum atomic E-state index is 12.8. The number of unbranched alkanes of at least 4 members (excludes halogenated alkanes) is 34. The van der Waals surface area contributed by atoms with E-state index in [2.05, 4.69) is 34.6 Å². The highest BCUT2D eigenvalue weighted by atomic mass is 16.6. The molecule has 0 fully saturated rings. The molecule has 0 aromatic carbocycles. The zero-order valence-corrected chi connectivity index (χ0v) is 41.8. The molecule has 0 rings (SSSR count). The lowest BCUT2D eigenvalue weighted by Gasteiger charge is -2.18. The van der Waals surface area contributed by atoms with Crippen LogP contribution in [0.15, 0.2) is 0 Å². The minimum absolute atomic E-state index is 0.0631. The van der Waals surface area contributed by atoms with Gasteiger partial charge in [0.1, 0.15) is 13.2 Å². The normalized spacial score (nSPS) is 12.0. The van der Waals surface area contributed by atoms with E-state index in [1.54, 1.807) is 0 Å². The van der Waals surface area contributed by atoms with E-state index in [9.17, 15) is 14.4 Å². The van der Waals surface area contributed by atoms with Crippen molar-refractivity contribution < 1.29 is 28.6 Å². The first kappa shape index (κ1) is 59.4. The Kier molecular flexibility index (Phi) is 46.6. The van der Waals surface area contributed by atoms with Crippen LogP contribution in [0.3, 0.4) is 0 Å². The molecule has 0 spiro atoms. The molecule has 1 atom stereocenters. The van der Waals surface area contributed by atoms with Crippen molar-refractivity contribution in [2.75, 3.05) is 13.2 Å². The van der Waals surface area contributed by atoms with Crippen LogP contribution in [-0.4, -0.2) is 37.2 Å². The Bertz CT molecular complexity index is 931. The highest BCUT2D eigenvalue weighted by Gasteiger charge is 2.19. The number of ether oxygens (including phenoxy) is 3. The maximum absolute atomic E-state index is 12.8. The van der Waals surface area contributed by atoms with E-state index in [1.807, 2.05) is 0 Å². The first-order chi connectivity index (χ1) is 29.7. The van der Waals surface area contributed by atoms with Crippen LogP contribution in [-0.2, 0) is 28.6 Å². The van der Waals surface area contributed by atoms with Crippen LogP contribution >= 0.6 is 0 Å². The predicted molar refractivity (Wildman–Crippen MR) is 261 cm³/mol. The molecule has 0 saturated carbocycles. The molecule has 0 aromatic rings. The Balaban J connectivity index is 4.25. The lowest BCUT2D eigenvalue weighted by molar-refractivity contribution is -0.167. The zero-order chi connectivity index (χ0) is 44.7. The summed E-state index contributed by atoms with van der Waals surface area (Å²) in [5.41, 5.74) is 0. The van der Waals surface area contributed by atoms with Gasteiger partial charge in [-0.2, -0.15) is 0 Å². The number of esters is 3. The van der Waals surface area contributed by atoms with Gasteiger partial charge in [0, 0.05) is 19.3 Å². The van der Waals surface area contributed by atoms with Crippen molar-refractivity contribution in [3.63, 3.8) is 0 Å². The van der Waals surface area contributed by atoms with Crippen molar-refractivity contribution in [1.82, 2.24) is 0 Å². The van der Waals surface area contributed by atoms with E-state index in [0.29, 0.717) is 19.3 Å². The number of carbonyl (C=O) groups is 3. The fourth-order valence-electron chi connectivity index (χ4n) is 8.34. The summed E-state index contributed by atoms with van der Waals surface area (Å²) in [4.78, 5) is 38.0. The average molecular weight is 863 g/mol. The smallest absolute Gasteiger partial charge is 0.306 e. The van der Waals surface area contributed by atoms with Gasteiger partial charge in [-0.3, -0.25) is 14.4 Å². The fraction of sp³-hybridized carbons (Fsp3) is 0.945. The van der Waals surface area contributed by atoms with Crippen molar-refractivity contribution in [3.05, 3.63) is 0 Å². The summed E-state index contributed by atoms with van der Waals surface area (Å²) in [7, 11) is 0. The third-order valence-electron chi connectivity index (χ3n) is 12.5. The standard InChI is InChI=1S/C55H106O6/c1-6-7-8-9-10-11-25-30-35-40-45-53(56)59-48-52(61-55(58)47-42-37-32-27-22-18-17-20-24-29-34-39-44-51(4)5)49-60-54(57)46-41-36-31-26-21-16-14-12-13-15-19-23-28-33-38-43-50(2)3/h50-52H,6-49H2,1-5H3/t52-/m1/s1. The van der Waals surface area contributed by atoms with Gasteiger partial charge in [-0.15, -0.1) is 0 Å². The van der Waals surface area contributed by atoms with Crippen LogP contribution in [0.2, 0.25) is 0 Å². The first-order valence-corrected chi connectivity index (χ1v) is 27.2. The van der Waals surface area contributed by atoms with E-state index >= 15 is 0 Å². The molecule has 362 valence electrons. The quantitative estimate of drug-likeness (QED) is 0.0344. The highest BCUT2D eigenvalue weighted by Crippen LogP contribution is 2.18. The Morgan fingerprint density at radius 2 is 0.541 bits per heavy atom. The van der Waals surface area contributed by atoms with Gasteiger partial charge in [0.15, 0.2) is 6.10 Å². The molecule has 0 saturated heterocycles. The lowest BCUT2D eigenvalue weighted by Crippen LogP contribution is -2.30. The molecule has 0 bridgehead atoms. The van der Waals surface area contributed by atoms with Gasteiger partial charge in [-0.1, -0.05) is 266 Å². The second kappa shape index (κ2) is 47.9. The molecule has 0 aliphatic heterocycles. The lowest BCUT2D eigenvalue weighted by atomic mass is 10.0. The molecule has 0 unspecified atom stereocenters. The van der Waals surface area contributed by atoms with Crippen LogP contribution in [0.1, 0.15) is 304 Å². The molecule has 0 aliphatic carbocycles. The van der Waals surface area contributed by atoms with E-state index < -0.39 is 6.10 Å². The van der Waals surface area contributed by atoms with E-state index in [1.165, 1.54) is 193 Å². The third kappa shape index (κ3) is 49.3. The van der Waals surface area contributed by atoms with Crippen molar-refractivity contribution in [2.45, 2.75) is 310 Å². The molecular formula is C55H106O6. The van der Waals surface area contributed by atoms with Crippen LogP contribution in [0, 0.1) is 11.8 Å². The number of hydrogen-bond donors (Lipinski definition) is 0. The molecule has 0 N–H and O–H groups in total. The Morgan fingerprint density at radius 3 is 0.803 bits per heavy atom. The van der Waals surface area contributed by atoms with Crippen molar-refractivity contribution >= 4 is 17.9 Å². The van der Waals surface area contributed by atoms with Crippen LogP contribution in [0.4, 0.5) is 0 Å². The average Bonchev–Trinajstić information content (AvgIpc) is 3.23. The molecule has 0 aliphatic rings. The van der Waals surface area contributed by atoms with Crippen LogP contribution < -0.4 is 0 Å². The van der Waals surface area contributed by atoms with Gasteiger partial charge in [0.25, 0.3) is 0 Å². The first-order valence-electron chi connectivity index (χ1n) is 27.2. The second-order valence-electron chi connectivity index (χ2n) is 19.8. The summed E-state index contributed by atoms with van der Waals surface area (Å²) in [6.45, 7) is 11.4. The van der Waals surface area contributed by atoms with Gasteiger partial charge in [-0.25, -0.2) is 0 Å². The molecule has 0 heterocycles. The zero-order valence-electron chi connectivity index (χ0n) is 41.8. The van der Waals surface area contributed by atoms with Gasteiger partial charge >= 0.3 is 17.9 Å². The van der Waals surface area contributed by atoms with Gasteiger partial charge < -0.3 is 14.2 Å². The SMILES string of the molecule is CCCCCCCCCCCCC(=O)OC[C@H](COC(=O)CCCCCCCCCCCCCCCCCC(C)C)OC(=O)CCCCCCCCCCCCCCC(C)C. The summed E-state index contributed by atoms with van der Waals surface area (Å²) < 4.78 is 16.8. The molecule has 6 heteroatoms. The van der Waals surface area contributed by atoms with E-state index in [-0.39, 0.29) is 31.1 Å². The minimum atomic E-state index is -0.761.